The molecule has 2 atom stereocenters. The van der Waals surface area contributed by atoms with Crippen molar-refractivity contribution in [3.8, 4) is 0 Å². The molecule has 0 aliphatic heterocycles. The molecule has 2 rings (SSSR count). The number of aliphatic hydroxyl groups is 1. The maximum Gasteiger partial charge on any atom is 0.391 e. The number of carbonyl (C=O) groups excluding carboxylic acids is 1. The van der Waals surface area contributed by atoms with Crippen LogP contribution in [-0.2, 0) is 0 Å². The summed E-state index contributed by atoms with van der Waals surface area (Å²) in [5.74, 6) is -0.986. The van der Waals surface area contributed by atoms with Crippen LogP contribution in [0.15, 0.2) is 0 Å². The SMILES string of the molecule is CN(C(=O)NC1CCCC(C(F)(F)F)C1)C1CCC(CO)CC1. The highest BCUT2D eigenvalue weighted by molar-refractivity contribution is 5.74. The van der Waals surface area contributed by atoms with E-state index in [9.17, 15) is 18.0 Å². The van der Waals surface area contributed by atoms with Gasteiger partial charge in [-0.05, 0) is 50.9 Å². The molecular formula is C16H27F3N2O2. The topological polar surface area (TPSA) is 52.6 Å². The summed E-state index contributed by atoms with van der Waals surface area (Å²) < 4.78 is 38.5. The number of aliphatic hydroxyl groups excluding tert-OH is 1. The summed E-state index contributed by atoms with van der Waals surface area (Å²) in [7, 11) is 1.71. The van der Waals surface area contributed by atoms with Crippen molar-refractivity contribution < 1.29 is 23.1 Å². The van der Waals surface area contributed by atoms with Gasteiger partial charge in [-0.3, -0.25) is 0 Å². The molecule has 2 aliphatic rings. The van der Waals surface area contributed by atoms with E-state index in [4.69, 9.17) is 5.11 Å². The second kappa shape index (κ2) is 7.73. The number of urea groups is 1. The molecule has 0 aromatic carbocycles. The van der Waals surface area contributed by atoms with E-state index < -0.39 is 12.1 Å². The number of nitrogens with one attached hydrogen (secondary N) is 1. The Morgan fingerprint density at radius 1 is 1.17 bits per heavy atom. The molecule has 2 N–H and O–H groups in total. The maximum atomic E-state index is 12.8. The molecule has 23 heavy (non-hydrogen) atoms. The van der Waals surface area contributed by atoms with Gasteiger partial charge in [-0.25, -0.2) is 4.79 Å². The fourth-order valence-corrected chi connectivity index (χ4v) is 3.78. The van der Waals surface area contributed by atoms with E-state index in [2.05, 4.69) is 5.32 Å². The minimum absolute atomic E-state index is 0.0136. The summed E-state index contributed by atoms with van der Waals surface area (Å²) in [6.07, 6.45) is 0.547. The summed E-state index contributed by atoms with van der Waals surface area (Å²) >= 11 is 0. The zero-order chi connectivity index (χ0) is 17.0. The fraction of sp³-hybridized carbons (Fsp3) is 0.938. The van der Waals surface area contributed by atoms with Gasteiger partial charge in [0.15, 0.2) is 0 Å². The van der Waals surface area contributed by atoms with Crippen LogP contribution in [0.4, 0.5) is 18.0 Å². The van der Waals surface area contributed by atoms with E-state index in [-0.39, 0.29) is 37.6 Å². The normalized spacial score (nSPS) is 32.4. The number of rotatable bonds is 3. The van der Waals surface area contributed by atoms with Crippen molar-refractivity contribution in [1.29, 1.82) is 0 Å². The van der Waals surface area contributed by atoms with Gasteiger partial charge in [0, 0.05) is 25.7 Å². The van der Waals surface area contributed by atoms with E-state index in [1.165, 1.54) is 0 Å². The Labute approximate surface area is 135 Å². The van der Waals surface area contributed by atoms with Crippen molar-refractivity contribution in [1.82, 2.24) is 10.2 Å². The lowest BCUT2D eigenvalue weighted by Gasteiger charge is -2.36. The number of hydrogen-bond donors (Lipinski definition) is 2. The molecule has 2 saturated carbocycles. The van der Waals surface area contributed by atoms with Gasteiger partial charge >= 0.3 is 12.2 Å². The standard InChI is InChI=1S/C16H27F3N2O2/c1-21(14-7-5-11(10-22)6-8-14)15(23)20-13-4-2-3-12(9-13)16(17,18)19/h11-14,22H,2-10H2,1H3,(H,20,23). The van der Waals surface area contributed by atoms with Gasteiger partial charge in [-0.2, -0.15) is 13.2 Å². The van der Waals surface area contributed by atoms with E-state index in [0.717, 1.165) is 25.7 Å². The van der Waals surface area contributed by atoms with Crippen LogP contribution in [0.3, 0.4) is 0 Å². The molecule has 0 aromatic rings. The molecular weight excluding hydrogens is 309 g/mol. The van der Waals surface area contributed by atoms with Crippen molar-refractivity contribution in [3.63, 3.8) is 0 Å². The molecule has 134 valence electrons. The van der Waals surface area contributed by atoms with Gasteiger partial charge in [0.05, 0.1) is 5.92 Å². The lowest BCUT2D eigenvalue weighted by molar-refractivity contribution is -0.183. The Balaban J connectivity index is 1.81. The van der Waals surface area contributed by atoms with Crippen LogP contribution in [0.2, 0.25) is 0 Å². The van der Waals surface area contributed by atoms with Crippen LogP contribution in [0.5, 0.6) is 0 Å². The van der Waals surface area contributed by atoms with E-state index in [1.54, 1.807) is 11.9 Å². The Kier molecular flexibility index (Phi) is 6.17. The van der Waals surface area contributed by atoms with E-state index >= 15 is 0 Å². The van der Waals surface area contributed by atoms with Crippen LogP contribution in [0.25, 0.3) is 0 Å². The molecule has 2 unspecified atom stereocenters. The number of alkyl halides is 3. The average molecular weight is 336 g/mol. The average Bonchev–Trinajstić information content (AvgIpc) is 2.53. The Morgan fingerprint density at radius 3 is 2.39 bits per heavy atom. The molecule has 0 radical (unpaired) electrons. The zero-order valence-electron chi connectivity index (χ0n) is 13.6. The predicted molar refractivity (Wildman–Crippen MR) is 80.9 cm³/mol. The fourth-order valence-electron chi connectivity index (χ4n) is 3.78. The molecule has 0 spiro atoms. The smallest absolute Gasteiger partial charge is 0.391 e. The quantitative estimate of drug-likeness (QED) is 0.831. The zero-order valence-corrected chi connectivity index (χ0v) is 13.6. The third kappa shape index (κ3) is 4.99. The number of amides is 2. The first-order valence-electron chi connectivity index (χ1n) is 8.52. The van der Waals surface area contributed by atoms with Crippen LogP contribution in [0, 0.1) is 11.8 Å². The molecule has 4 nitrogen and oxygen atoms in total. The molecule has 0 heterocycles. The monoisotopic (exact) mass is 336 g/mol. The lowest BCUT2D eigenvalue weighted by atomic mass is 9.85. The first-order valence-corrected chi connectivity index (χ1v) is 8.52. The van der Waals surface area contributed by atoms with Gasteiger partial charge < -0.3 is 15.3 Å². The van der Waals surface area contributed by atoms with Crippen LogP contribution in [-0.4, -0.2) is 48.0 Å². The van der Waals surface area contributed by atoms with Gasteiger partial charge in [-0.15, -0.1) is 0 Å². The number of halogens is 3. The first kappa shape index (κ1) is 18.4. The van der Waals surface area contributed by atoms with Crippen LogP contribution >= 0.6 is 0 Å². The van der Waals surface area contributed by atoms with Crippen LogP contribution < -0.4 is 5.32 Å². The number of nitrogens with zero attached hydrogens (tertiary/aromatic N) is 1. The summed E-state index contributed by atoms with van der Waals surface area (Å²) in [4.78, 5) is 13.9. The molecule has 2 fully saturated rings. The third-order valence-corrected chi connectivity index (χ3v) is 5.41. The van der Waals surface area contributed by atoms with Crippen molar-refractivity contribution in [2.45, 2.75) is 69.6 Å². The van der Waals surface area contributed by atoms with Crippen molar-refractivity contribution in [2.75, 3.05) is 13.7 Å². The van der Waals surface area contributed by atoms with Crippen molar-refractivity contribution >= 4 is 6.03 Å². The van der Waals surface area contributed by atoms with Crippen molar-refractivity contribution in [2.24, 2.45) is 11.8 Å². The first-order chi connectivity index (χ1) is 10.8. The van der Waals surface area contributed by atoms with E-state index in [0.29, 0.717) is 18.8 Å². The Bertz CT molecular complexity index is 395. The minimum Gasteiger partial charge on any atom is -0.396 e. The molecule has 0 aromatic heterocycles. The van der Waals surface area contributed by atoms with Gasteiger partial charge in [-0.1, -0.05) is 6.42 Å². The predicted octanol–water partition coefficient (Wildman–Crippen LogP) is 3.30. The van der Waals surface area contributed by atoms with E-state index in [1.807, 2.05) is 0 Å². The number of carbonyl (C=O) groups is 1. The van der Waals surface area contributed by atoms with Crippen molar-refractivity contribution in [3.05, 3.63) is 0 Å². The molecule has 2 aliphatic carbocycles. The summed E-state index contributed by atoms with van der Waals surface area (Å²) in [5, 5.41) is 11.9. The van der Waals surface area contributed by atoms with Gasteiger partial charge in [0.2, 0.25) is 0 Å². The van der Waals surface area contributed by atoms with Gasteiger partial charge in [0.1, 0.15) is 0 Å². The highest BCUT2D eigenvalue weighted by Gasteiger charge is 2.42. The summed E-state index contributed by atoms with van der Waals surface area (Å²) in [6, 6.07) is -0.552. The minimum atomic E-state index is -4.17. The van der Waals surface area contributed by atoms with Gasteiger partial charge in [0.25, 0.3) is 0 Å². The highest BCUT2D eigenvalue weighted by atomic mass is 19.4. The molecule has 2 amide bonds. The molecule has 7 heteroatoms. The summed E-state index contributed by atoms with van der Waals surface area (Å²) in [5.41, 5.74) is 0. The second-order valence-corrected chi connectivity index (χ2v) is 7.02. The third-order valence-electron chi connectivity index (χ3n) is 5.41. The number of hydrogen-bond acceptors (Lipinski definition) is 2. The molecule has 0 bridgehead atoms. The Morgan fingerprint density at radius 2 is 1.83 bits per heavy atom. The second-order valence-electron chi connectivity index (χ2n) is 7.02. The largest absolute Gasteiger partial charge is 0.396 e. The highest BCUT2D eigenvalue weighted by Crippen LogP contribution is 2.37. The maximum absolute atomic E-state index is 12.8. The van der Waals surface area contributed by atoms with Crippen LogP contribution in [0.1, 0.15) is 51.4 Å². The molecule has 0 saturated heterocycles. The Hall–Kier alpha value is -0.980. The lowest BCUT2D eigenvalue weighted by Crippen LogP contribution is -2.50. The summed E-state index contributed by atoms with van der Waals surface area (Å²) in [6.45, 7) is 0.184.